The minimum Gasteiger partial charge on any atom is -0.487 e. The molecule has 5 heteroatoms. The molecule has 4 rings (SSSR count). The Morgan fingerprint density at radius 2 is 1.97 bits per heavy atom. The van der Waals surface area contributed by atoms with E-state index in [9.17, 15) is 9.18 Å². The minimum absolute atomic E-state index is 0.0691. The number of carbonyl (C=O) groups is 1. The highest BCUT2D eigenvalue weighted by Gasteiger charge is 2.24. The number of pyridine rings is 1. The fourth-order valence-corrected chi connectivity index (χ4v) is 3.96. The summed E-state index contributed by atoms with van der Waals surface area (Å²) in [5.74, 6) is 0.0564. The summed E-state index contributed by atoms with van der Waals surface area (Å²) in [7, 11) is 0. The zero-order valence-corrected chi connectivity index (χ0v) is 16.8. The van der Waals surface area contributed by atoms with Crippen LogP contribution in [0.5, 0.6) is 5.75 Å². The summed E-state index contributed by atoms with van der Waals surface area (Å²) < 4.78 is 20.7. The first kappa shape index (κ1) is 19.4. The van der Waals surface area contributed by atoms with Crippen LogP contribution in [0.1, 0.15) is 31.7 Å². The molecule has 0 saturated carbocycles. The predicted molar refractivity (Wildman–Crippen MR) is 112 cm³/mol. The van der Waals surface area contributed by atoms with Crippen LogP contribution >= 0.6 is 0 Å². The molecule has 150 valence electrons. The van der Waals surface area contributed by atoms with Crippen LogP contribution in [0.3, 0.4) is 0 Å². The molecule has 4 nitrogen and oxygen atoms in total. The Morgan fingerprint density at radius 1 is 1.21 bits per heavy atom. The lowest BCUT2D eigenvalue weighted by Crippen LogP contribution is -2.41. The quantitative estimate of drug-likeness (QED) is 0.618. The first-order chi connectivity index (χ1) is 14.1. The van der Waals surface area contributed by atoms with Crippen LogP contribution in [0.25, 0.3) is 22.0 Å². The third-order valence-corrected chi connectivity index (χ3v) is 5.68. The molecule has 2 aromatic carbocycles. The Bertz CT molecular complexity index is 1040. The zero-order valence-electron chi connectivity index (χ0n) is 16.8. The average Bonchev–Trinajstić information content (AvgIpc) is 2.75. The average molecular weight is 392 g/mol. The van der Waals surface area contributed by atoms with Gasteiger partial charge in [-0.2, -0.15) is 0 Å². The van der Waals surface area contributed by atoms with E-state index in [4.69, 9.17) is 4.74 Å². The number of fused-ring (bicyclic) bond motifs is 1. The molecule has 0 aliphatic carbocycles. The van der Waals surface area contributed by atoms with Crippen molar-refractivity contribution in [3.05, 3.63) is 60.0 Å². The number of aromatic nitrogens is 1. The molecule has 1 amide bonds. The van der Waals surface area contributed by atoms with Gasteiger partial charge in [-0.05, 0) is 36.2 Å². The van der Waals surface area contributed by atoms with Crippen LogP contribution in [0.15, 0.2) is 48.7 Å². The van der Waals surface area contributed by atoms with E-state index >= 15 is 0 Å². The second-order valence-electron chi connectivity index (χ2n) is 7.51. The van der Waals surface area contributed by atoms with Gasteiger partial charge in [0.25, 0.3) is 0 Å². The van der Waals surface area contributed by atoms with Crippen molar-refractivity contribution in [3.63, 3.8) is 0 Å². The van der Waals surface area contributed by atoms with E-state index in [0.717, 1.165) is 40.4 Å². The molecular formula is C24H25FN2O2. The molecule has 1 aliphatic rings. The number of carbonyl (C=O) groups excluding carboxylic acids is 1. The van der Waals surface area contributed by atoms with Crippen molar-refractivity contribution in [1.29, 1.82) is 0 Å². The summed E-state index contributed by atoms with van der Waals surface area (Å²) in [6, 6.07) is 13.0. The Hall–Kier alpha value is -2.95. The van der Waals surface area contributed by atoms with Crippen LogP contribution < -0.4 is 4.74 Å². The smallest absolute Gasteiger partial charge is 0.222 e. The fraction of sp³-hybridized carbons (Fsp3) is 0.333. The van der Waals surface area contributed by atoms with Crippen LogP contribution in [0, 0.1) is 12.7 Å². The second-order valence-corrected chi connectivity index (χ2v) is 7.51. The van der Waals surface area contributed by atoms with Gasteiger partial charge in [-0.3, -0.25) is 9.78 Å². The van der Waals surface area contributed by atoms with E-state index in [0.29, 0.717) is 19.5 Å². The van der Waals surface area contributed by atoms with E-state index in [2.05, 4.69) is 4.98 Å². The molecule has 0 bridgehead atoms. The molecule has 0 atom stereocenters. The van der Waals surface area contributed by atoms with E-state index in [1.54, 1.807) is 12.3 Å². The summed E-state index contributed by atoms with van der Waals surface area (Å²) in [5.41, 5.74) is 3.72. The molecule has 1 fully saturated rings. The lowest BCUT2D eigenvalue weighted by molar-refractivity contribution is -0.132. The number of amides is 1. The highest BCUT2D eigenvalue weighted by Crippen LogP contribution is 2.31. The van der Waals surface area contributed by atoms with Crippen molar-refractivity contribution >= 4 is 16.8 Å². The number of hydrogen-bond acceptors (Lipinski definition) is 3. The number of likely N-dealkylation sites (tertiary alicyclic amines) is 1. The van der Waals surface area contributed by atoms with Crippen molar-refractivity contribution in [3.8, 4) is 16.9 Å². The molecule has 0 spiro atoms. The van der Waals surface area contributed by atoms with Gasteiger partial charge in [0.05, 0.1) is 5.52 Å². The number of benzene rings is 2. The van der Waals surface area contributed by atoms with Crippen molar-refractivity contribution in [2.24, 2.45) is 0 Å². The summed E-state index contributed by atoms with van der Waals surface area (Å²) in [6.07, 6.45) is 3.69. The SMILES string of the molecule is CCC(=O)N1CCC(Oc2ccc(-c3cnc4ccccc4c3C)cc2F)CC1. The maximum Gasteiger partial charge on any atom is 0.222 e. The molecule has 0 N–H and O–H groups in total. The number of ether oxygens (including phenoxy) is 1. The first-order valence-electron chi connectivity index (χ1n) is 10.2. The van der Waals surface area contributed by atoms with Crippen molar-refractivity contribution in [2.45, 2.75) is 39.2 Å². The van der Waals surface area contributed by atoms with Gasteiger partial charge in [-0.15, -0.1) is 0 Å². The highest BCUT2D eigenvalue weighted by atomic mass is 19.1. The van der Waals surface area contributed by atoms with Gasteiger partial charge >= 0.3 is 0 Å². The third-order valence-electron chi connectivity index (χ3n) is 5.68. The van der Waals surface area contributed by atoms with Gasteiger partial charge in [0, 0.05) is 49.5 Å². The number of para-hydroxylation sites is 1. The Kier molecular flexibility index (Phi) is 5.47. The van der Waals surface area contributed by atoms with Crippen LogP contribution in [0.4, 0.5) is 4.39 Å². The topological polar surface area (TPSA) is 42.4 Å². The summed E-state index contributed by atoms with van der Waals surface area (Å²) >= 11 is 0. The van der Waals surface area contributed by atoms with Gasteiger partial charge < -0.3 is 9.64 Å². The van der Waals surface area contributed by atoms with E-state index in [1.165, 1.54) is 6.07 Å². The van der Waals surface area contributed by atoms with Gasteiger partial charge in [0.2, 0.25) is 5.91 Å². The maximum absolute atomic E-state index is 14.8. The van der Waals surface area contributed by atoms with Gasteiger partial charge in [0.15, 0.2) is 11.6 Å². The zero-order chi connectivity index (χ0) is 20.4. The summed E-state index contributed by atoms with van der Waals surface area (Å²) in [5, 5.41) is 1.07. The predicted octanol–water partition coefficient (Wildman–Crippen LogP) is 5.13. The molecule has 3 aromatic rings. The van der Waals surface area contributed by atoms with Gasteiger partial charge in [-0.25, -0.2) is 4.39 Å². The van der Waals surface area contributed by atoms with Crippen LogP contribution in [0.2, 0.25) is 0 Å². The highest BCUT2D eigenvalue weighted by molar-refractivity contribution is 5.88. The Balaban J connectivity index is 1.51. The number of aryl methyl sites for hydroxylation is 1. The molecule has 1 aromatic heterocycles. The Morgan fingerprint density at radius 3 is 2.69 bits per heavy atom. The minimum atomic E-state index is -0.373. The second kappa shape index (κ2) is 8.19. The lowest BCUT2D eigenvalue weighted by atomic mass is 9.99. The molecule has 29 heavy (non-hydrogen) atoms. The number of hydrogen-bond donors (Lipinski definition) is 0. The normalized spacial score (nSPS) is 14.9. The fourth-order valence-electron chi connectivity index (χ4n) is 3.96. The Labute approximate surface area is 170 Å². The molecule has 2 heterocycles. The van der Waals surface area contributed by atoms with Crippen LogP contribution in [-0.4, -0.2) is 35.0 Å². The van der Waals surface area contributed by atoms with Crippen molar-refractivity contribution in [1.82, 2.24) is 9.88 Å². The molecular weight excluding hydrogens is 367 g/mol. The lowest BCUT2D eigenvalue weighted by Gasteiger charge is -2.32. The third kappa shape index (κ3) is 3.95. The number of rotatable bonds is 4. The van der Waals surface area contributed by atoms with E-state index in [-0.39, 0.29) is 23.6 Å². The molecule has 0 radical (unpaired) electrons. The van der Waals surface area contributed by atoms with E-state index in [1.807, 2.05) is 49.1 Å². The molecule has 1 aliphatic heterocycles. The number of halogens is 1. The largest absolute Gasteiger partial charge is 0.487 e. The monoisotopic (exact) mass is 392 g/mol. The maximum atomic E-state index is 14.8. The van der Waals surface area contributed by atoms with Gasteiger partial charge in [-0.1, -0.05) is 31.2 Å². The number of piperidine rings is 1. The molecule has 0 unspecified atom stereocenters. The first-order valence-corrected chi connectivity index (χ1v) is 10.2. The summed E-state index contributed by atoms with van der Waals surface area (Å²) in [6.45, 7) is 5.24. The van der Waals surface area contributed by atoms with Crippen molar-refractivity contribution < 1.29 is 13.9 Å². The number of nitrogens with zero attached hydrogens (tertiary/aromatic N) is 2. The standard InChI is InChI=1S/C24H25FN2O2/c1-3-24(28)27-12-10-18(11-13-27)29-23-9-8-17(14-21(23)25)20-15-26-22-7-5-4-6-19(22)16(20)2/h4-9,14-15,18H,3,10-13H2,1-2H3. The van der Waals surface area contributed by atoms with Crippen molar-refractivity contribution in [2.75, 3.05) is 13.1 Å². The van der Waals surface area contributed by atoms with Gasteiger partial charge in [0.1, 0.15) is 6.10 Å². The molecule has 1 saturated heterocycles. The van der Waals surface area contributed by atoms with E-state index < -0.39 is 0 Å². The van der Waals surface area contributed by atoms with Crippen LogP contribution in [-0.2, 0) is 4.79 Å². The summed E-state index contributed by atoms with van der Waals surface area (Å²) in [4.78, 5) is 18.1.